The van der Waals surface area contributed by atoms with Crippen molar-refractivity contribution in [3.63, 3.8) is 0 Å². The third-order valence-corrected chi connectivity index (χ3v) is 4.14. The quantitative estimate of drug-likeness (QED) is 0.582. The first-order valence-electron chi connectivity index (χ1n) is 7.12. The first-order valence-corrected chi connectivity index (χ1v) is 8.68. The minimum Gasteiger partial charge on any atom is -0.465 e. The Morgan fingerprint density at radius 1 is 1.18 bits per heavy atom. The van der Waals surface area contributed by atoms with Gasteiger partial charge in [0.15, 0.2) is 0 Å². The van der Waals surface area contributed by atoms with Crippen LogP contribution in [0.15, 0.2) is 53.7 Å². The molecule has 0 aliphatic carbocycles. The van der Waals surface area contributed by atoms with Gasteiger partial charge in [0.1, 0.15) is 0 Å². The van der Waals surface area contributed by atoms with Gasteiger partial charge in [-0.2, -0.15) is 0 Å². The zero-order valence-corrected chi connectivity index (χ0v) is 13.3. The highest BCUT2D eigenvalue weighted by Gasteiger charge is 2.05. The van der Waals surface area contributed by atoms with Gasteiger partial charge in [-0.3, -0.25) is 14.0 Å². The summed E-state index contributed by atoms with van der Waals surface area (Å²) in [5.74, 6) is -0.239. The van der Waals surface area contributed by atoms with Crippen LogP contribution in [0.2, 0.25) is 0 Å². The van der Waals surface area contributed by atoms with Crippen LogP contribution >= 0.6 is 0 Å². The van der Waals surface area contributed by atoms with Crippen LogP contribution in [-0.2, 0) is 33.2 Å². The summed E-state index contributed by atoms with van der Waals surface area (Å²) in [4.78, 5) is 16.6. The van der Waals surface area contributed by atoms with Crippen molar-refractivity contribution < 1.29 is 13.7 Å². The third-order valence-electron chi connectivity index (χ3n) is 3.20. The number of hydrogen-bond donors (Lipinski definition) is 0. The molecule has 0 fully saturated rings. The molecule has 2 aromatic rings. The first-order chi connectivity index (χ1) is 10.6. The number of aryl methyl sites for hydroxylation is 1. The van der Waals surface area contributed by atoms with E-state index in [2.05, 4.69) is 4.98 Å². The Morgan fingerprint density at radius 3 is 2.59 bits per heavy atom. The van der Waals surface area contributed by atoms with Gasteiger partial charge in [-0.1, -0.05) is 18.2 Å². The molecule has 0 amide bonds. The van der Waals surface area contributed by atoms with Crippen molar-refractivity contribution in [3.8, 4) is 0 Å². The van der Waals surface area contributed by atoms with E-state index in [1.54, 1.807) is 24.6 Å². The fourth-order valence-electron chi connectivity index (χ4n) is 2.02. The number of pyridine rings is 1. The van der Waals surface area contributed by atoms with Crippen LogP contribution in [0, 0.1) is 0 Å². The SMILES string of the molecule is C[S@@](=O)c1ccc(CC(=O)OCCCc2cccnc2)cc1. The molecule has 0 aliphatic heterocycles. The molecule has 22 heavy (non-hydrogen) atoms. The van der Waals surface area contributed by atoms with E-state index in [1.165, 1.54) is 0 Å². The number of aromatic nitrogens is 1. The van der Waals surface area contributed by atoms with Crippen LogP contribution in [0.4, 0.5) is 0 Å². The minimum absolute atomic E-state index is 0.239. The summed E-state index contributed by atoms with van der Waals surface area (Å²) in [5.41, 5.74) is 2.01. The number of carbonyl (C=O) groups is 1. The Balaban J connectivity index is 1.70. The Hall–Kier alpha value is -2.01. The Kier molecular flexibility index (Phi) is 6.27. The van der Waals surface area contributed by atoms with E-state index in [9.17, 15) is 9.00 Å². The Labute approximate surface area is 133 Å². The third kappa shape index (κ3) is 5.41. The highest BCUT2D eigenvalue weighted by molar-refractivity contribution is 7.84. The fourth-order valence-corrected chi connectivity index (χ4v) is 2.54. The lowest BCUT2D eigenvalue weighted by atomic mass is 10.1. The second-order valence-electron chi connectivity index (χ2n) is 4.96. The lowest BCUT2D eigenvalue weighted by Gasteiger charge is -2.05. The van der Waals surface area contributed by atoms with E-state index in [1.807, 2.05) is 30.5 Å². The molecule has 0 saturated carbocycles. The number of rotatable bonds is 7. The van der Waals surface area contributed by atoms with E-state index in [0.29, 0.717) is 6.61 Å². The highest BCUT2D eigenvalue weighted by Crippen LogP contribution is 2.09. The molecule has 4 nitrogen and oxygen atoms in total. The van der Waals surface area contributed by atoms with Gasteiger partial charge >= 0.3 is 5.97 Å². The molecule has 0 N–H and O–H groups in total. The van der Waals surface area contributed by atoms with Gasteiger partial charge in [-0.25, -0.2) is 0 Å². The molecule has 0 radical (unpaired) electrons. The molecule has 0 saturated heterocycles. The second-order valence-corrected chi connectivity index (χ2v) is 6.34. The van der Waals surface area contributed by atoms with Crippen LogP contribution in [0.1, 0.15) is 17.5 Å². The average molecular weight is 317 g/mol. The van der Waals surface area contributed by atoms with E-state index in [0.717, 1.165) is 28.9 Å². The second kappa shape index (κ2) is 8.44. The predicted octanol–water partition coefficient (Wildman–Crippen LogP) is 2.54. The zero-order chi connectivity index (χ0) is 15.8. The van der Waals surface area contributed by atoms with Gasteiger partial charge in [-0.05, 0) is 42.2 Å². The molecule has 0 bridgehead atoms. The maximum absolute atomic E-state index is 11.7. The summed E-state index contributed by atoms with van der Waals surface area (Å²) in [5, 5.41) is 0. The monoisotopic (exact) mass is 317 g/mol. The number of nitrogens with zero attached hydrogens (tertiary/aromatic N) is 1. The first kappa shape index (κ1) is 16.4. The number of benzene rings is 1. The van der Waals surface area contributed by atoms with Crippen LogP contribution in [-0.4, -0.2) is 28.0 Å². The number of esters is 1. The van der Waals surface area contributed by atoms with Crippen molar-refractivity contribution in [3.05, 3.63) is 59.9 Å². The van der Waals surface area contributed by atoms with Gasteiger partial charge in [0, 0.05) is 34.3 Å². The van der Waals surface area contributed by atoms with Crippen LogP contribution in [0.25, 0.3) is 0 Å². The maximum Gasteiger partial charge on any atom is 0.310 e. The van der Waals surface area contributed by atoms with Gasteiger partial charge in [0.2, 0.25) is 0 Å². The Morgan fingerprint density at radius 2 is 1.95 bits per heavy atom. The topological polar surface area (TPSA) is 56.3 Å². The predicted molar refractivity (Wildman–Crippen MR) is 86.0 cm³/mol. The molecule has 1 aromatic heterocycles. The summed E-state index contributed by atoms with van der Waals surface area (Å²) in [6.45, 7) is 0.408. The normalized spacial score (nSPS) is 11.9. The van der Waals surface area contributed by atoms with Gasteiger partial charge in [-0.15, -0.1) is 0 Å². The lowest BCUT2D eigenvalue weighted by Crippen LogP contribution is -2.09. The summed E-state index contributed by atoms with van der Waals surface area (Å²) in [7, 11) is -0.996. The molecule has 1 heterocycles. The molecule has 0 aliphatic rings. The molecule has 116 valence electrons. The number of hydrogen-bond acceptors (Lipinski definition) is 4. The summed E-state index contributed by atoms with van der Waals surface area (Å²) < 4.78 is 16.5. The van der Waals surface area contributed by atoms with E-state index in [-0.39, 0.29) is 12.4 Å². The van der Waals surface area contributed by atoms with Crippen molar-refractivity contribution in [1.29, 1.82) is 0 Å². The summed E-state index contributed by atoms with van der Waals surface area (Å²) in [6, 6.07) is 11.1. The fraction of sp³-hybridized carbons (Fsp3) is 0.294. The van der Waals surface area contributed by atoms with E-state index >= 15 is 0 Å². The van der Waals surface area contributed by atoms with Crippen LogP contribution < -0.4 is 0 Å². The molecule has 1 atom stereocenters. The smallest absolute Gasteiger partial charge is 0.310 e. The van der Waals surface area contributed by atoms with Crippen molar-refractivity contribution in [2.45, 2.75) is 24.2 Å². The number of ether oxygens (including phenoxy) is 1. The van der Waals surface area contributed by atoms with Crippen LogP contribution in [0.3, 0.4) is 0 Å². The van der Waals surface area contributed by atoms with Crippen molar-refractivity contribution >= 4 is 16.8 Å². The molecular formula is C17H19NO3S. The van der Waals surface area contributed by atoms with Crippen molar-refractivity contribution in [2.75, 3.05) is 12.9 Å². The maximum atomic E-state index is 11.7. The van der Waals surface area contributed by atoms with Crippen molar-refractivity contribution in [1.82, 2.24) is 4.98 Å². The zero-order valence-electron chi connectivity index (χ0n) is 12.5. The summed E-state index contributed by atoms with van der Waals surface area (Å²) >= 11 is 0. The standard InChI is InChI=1S/C17H19NO3S/c1-22(20)16-8-6-14(7-9-16)12-17(19)21-11-3-5-15-4-2-10-18-13-15/h2,4,6-10,13H,3,5,11-12H2,1H3/t22-/m1/s1. The minimum atomic E-state index is -0.996. The van der Waals surface area contributed by atoms with Gasteiger partial charge in [0.05, 0.1) is 13.0 Å². The highest BCUT2D eigenvalue weighted by atomic mass is 32.2. The van der Waals surface area contributed by atoms with E-state index in [4.69, 9.17) is 4.74 Å². The lowest BCUT2D eigenvalue weighted by molar-refractivity contribution is -0.142. The number of carbonyl (C=O) groups excluding carboxylic acids is 1. The van der Waals surface area contributed by atoms with E-state index < -0.39 is 10.8 Å². The molecule has 2 rings (SSSR count). The van der Waals surface area contributed by atoms with Crippen molar-refractivity contribution in [2.24, 2.45) is 0 Å². The summed E-state index contributed by atoms with van der Waals surface area (Å²) in [6.07, 6.45) is 7.06. The molecule has 1 aromatic carbocycles. The molecule has 0 spiro atoms. The van der Waals surface area contributed by atoms with Gasteiger partial charge in [0.25, 0.3) is 0 Å². The largest absolute Gasteiger partial charge is 0.465 e. The molecule has 0 unspecified atom stereocenters. The van der Waals surface area contributed by atoms with Crippen LogP contribution in [0.5, 0.6) is 0 Å². The molecule has 5 heteroatoms. The Bertz CT molecular complexity index is 626. The average Bonchev–Trinajstić information content (AvgIpc) is 2.53. The molecular weight excluding hydrogens is 298 g/mol. The van der Waals surface area contributed by atoms with Gasteiger partial charge < -0.3 is 4.74 Å².